The Bertz CT molecular complexity index is 558. The molecule has 3 N–H and O–H groups in total. The van der Waals surface area contributed by atoms with Crippen molar-refractivity contribution in [3.63, 3.8) is 0 Å². The number of ether oxygens (including phenoxy) is 1. The van der Waals surface area contributed by atoms with E-state index in [4.69, 9.17) is 10.5 Å². The molecule has 0 unspecified atom stereocenters. The Morgan fingerprint density at radius 2 is 2.00 bits per heavy atom. The number of carbonyl (C=O) groups excluding carboxylic acids is 1. The number of hydrogen-bond donors (Lipinski definition) is 2. The van der Waals surface area contributed by atoms with Gasteiger partial charge in [0, 0.05) is 12.7 Å². The van der Waals surface area contributed by atoms with Gasteiger partial charge in [0.2, 0.25) is 0 Å². The molecule has 2 rings (SSSR count). The van der Waals surface area contributed by atoms with Gasteiger partial charge in [-0.25, -0.2) is 4.98 Å². The van der Waals surface area contributed by atoms with Crippen LogP contribution >= 0.6 is 0 Å². The third-order valence-corrected chi connectivity index (χ3v) is 2.67. The fourth-order valence-electron chi connectivity index (χ4n) is 1.67. The van der Waals surface area contributed by atoms with E-state index in [1.54, 1.807) is 18.3 Å². The highest BCUT2D eigenvalue weighted by molar-refractivity contribution is 5.96. The zero-order valence-electron chi connectivity index (χ0n) is 11.1. The quantitative estimate of drug-likeness (QED) is 0.786. The Morgan fingerprint density at radius 3 is 2.75 bits per heavy atom. The number of carbonyl (C=O) groups is 1. The highest BCUT2D eigenvalue weighted by Gasteiger charge is 2.09. The Balaban J connectivity index is 1.69. The summed E-state index contributed by atoms with van der Waals surface area (Å²) < 4.78 is 5.53. The second-order valence-corrected chi connectivity index (χ2v) is 4.21. The van der Waals surface area contributed by atoms with Crippen molar-refractivity contribution in [2.45, 2.75) is 6.42 Å². The minimum atomic E-state index is -0.261. The molecule has 5 nitrogen and oxygen atoms in total. The molecule has 20 heavy (non-hydrogen) atoms. The predicted molar refractivity (Wildman–Crippen MR) is 77.5 cm³/mol. The van der Waals surface area contributed by atoms with Crippen molar-refractivity contribution in [2.75, 3.05) is 18.9 Å². The average Bonchev–Trinajstić information content (AvgIpc) is 2.48. The summed E-state index contributed by atoms with van der Waals surface area (Å²) in [6, 6.07) is 12.9. The number of para-hydroxylation sites is 1. The molecule has 0 radical (unpaired) electrons. The molecule has 5 heteroatoms. The Labute approximate surface area is 117 Å². The largest absolute Gasteiger partial charge is 0.494 e. The molecular weight excluding hydrogens is 254 g/mol. The van der Waals surface area contributed by atoms with Crippen LogP contribution in [0, 0.1) is 0 Å². The molecular formula is C15H17N3O2. The summed E-state index contributed by atoms with van der Waals surface area (Å²) in [4.78, 5) is 15.8. The molecule has 0 saturated carbocycles. The van der Waals surface area contributed by atoms with Crippen LogP contribution in [0.4, 0.5) is 5.69 Å². The van der Waals surface area contributed by atoms with Crippen LogP contribution in [0.25, 0.3) is 0 Å². The first-order valence-corrected chi connectivity index (χ1v) is 6.44. The molecule has 0 aliphatic carbocycles. The zero-order valence-corrected chi connectivity index (χ0v) is 11.1. The molecule has 0 spiro atoms. The van der Waals surface area contributed by atoms with Crippen molar-refractivity contribution in [2.24, 2.45) is 0 Å². The van der Waals surface area contributed by atoms with Gasteiger partial charge in [-0.15, -0.1) is 0 Å². The number of aromatic nitrogens is 1. The van der Waals surface area contributed by atoms with E-state index in [2.05, 4.69) is 10.3 Å². The van der Waals surface area contributed by atoms with Gasteiger partial charge >= 0.3 is 0 Å². The van der Waals surface area contributed by atoms with Gasteiger partial charge in [0.25, 0.3) is 5.91 Å². The highest BCUT2D eigenvalue weighted by Crippen LogP contribution is 2.08. The Kier molecular flexibility index (Phi) is 4.94. The van der Waals surface area contributed by atoms with E-state index < -0.39 is 0 Å². The zero-order chi connectivity index (χ0) is 14.2. The maximum absolute atomic E-state index is 11.8. The minimum absolute atomic E-state index is 0.261. The SMILES string of the molecule is Nc1cccnc1C(=O)NCCCOc1ccccc1. The smallest absolute Gasteiger partial charge is 0.272 e. The summed E-state index contributed by atoms with van der Waals surface area (Å²) in [6.07, 6.45) is 2.26. The van der Waals surface area contributed by atoms with Gasteiger partial charge in [0.15, 0.2) is 5.69 Å². The second kappa shape index (κ2) is 7.13. The topological polar surface area (TPSA) is 77.2 Å². The first-order valence-electron chi connectivity index (χ1n) is 6.44. The van der Waals surface area contributed by atoms with Gasteiger partial charge in [-0.1, -0.05) is 18.2 Å². The van der Waals surface area contributed by atoms with E-state index in [9.17, 15) is 4.79 Å². The van der Waals surface area contributed by atoms with Gasteiger partial charge in [-0.2, -0.15) is 0 Å². The summed E-state index contributed by atoms with van der Waals surface area (Å²) in [5.74, 6) is 0.565. The highest BCUT2D eigenvalue weighted by atomic mass is 16.5. The Hall–Kier alpha value is -2.56. The lowest BCUT2D eigenvalue weighted by Crippen LogP contribution is -2.27. The van der Waals surface area contributed by atoms with E-state index in [0.29, 0.717) is 25.3 Å². The molecule has 0 aliphatic heterocycles. The van der Waals surface area contributed by atoms with Crippen molar-refractivity contribution in [1.82, 2.24) is 10.3 Å². The third kappa shape index (κ3) is 3.98. The van der Waals surface area contributed by atoms with Gasteiger partial charge in [0.05, 0.1) is 12.3 Å². The van der Waals surface area contributed by atoms with Gasteiger partial charge in [-0.05, 0) is 30.7 Å². The van der Waals surface area contributed by atoms with E-state index in [1.807, 2.05) is 30.3 Å². The average molecular weight is 271 g/mol. The monoisotopic (exact) mass is 271 g/mol. The lowest BCUT2D eigenvalue weighted by molar-refractivity contribution is 0.0947. The standard InChI is InChI=1S/C15H17N3O2/c16-13-8-4-9-17-14(13)15(19)18-10-5-11-20-12-6-2-1-3-7-12/h1-4,6-9H,5,10-11,16H2,(H,18,19). The minimum Gasteiger partial charge on any atom is -0.494 e. The number of nitrogens with two attached hydrogens (primary N) is 1. The van der Waals surface area contributed by atoms with Crippen LogP contribution in [0.3, 0.4) is 0 Å². The molecule has 1 amide bonds. The molecule has 0 saturated heterocycles. The van der Waals surface area contributed by atoms with E-state index >= 15 is 0 Å². The molecule has 0 bridgehead atoms. The van der Waals surface area contributed by atoms with Crippen molar-refractivity contribution < 1.29 is 9.53 Å². The molecule has 0 fully saturated rings. The molecule has 104 valence electrons. The fraction of sp³-hybridized carbons (Fsp3) is 0.200. The van der Waals surface area contributed by atoms with Crippen LogP contribution in [-0.2, 0) is 0 Å². The molecule has 2 aromatic rings. The summed E-state index contributed by atoms with van der Waals surface area (Å²) in [5.41, 5.74) is 6.32. The number of anilines is 1. The number of hydrogen-bond acceptors (Lipinski definition) is 4. The van der Waals surface area contributed by atoms with Crippen molar-refractivity contribution in [3.8, 4) is 5.75 Å². The molecule has 1 aromatic carbocycles. The van der Waals surface area contributed by atoms with Gasteiger partial charge in [-0.3, -0.25) is 4.79 Å². The Morgan fingerprint density at radius 1 is 1.20 bits per heavy atom. The first kappa shape index (κ1) is 13.9. The number of benzene rings is 1. The molecule has 1 heterocycles. The van der Waals surface area contributed by atoms with Crippen molar-refractivity contribution >= 4 is 11.6 Å². The van der Waals surface area contributed by atoms with E-state index in [1.165, 1.54) is 0 Å². The molecule has 1 aromatic heterocycles. The van der Waals surface area contributed by atoms with E-state index in [0.717, 1.165) is 5.75 Å². The number of nitrogen functional groups attached to an aromatic ring is 1. The lowest BCUT2D eigenvalue weighted by Gasteiger charge is -2.08. The number of amides is 1. The molecule has 0 aliphatic rings. The fourth-order valence-corrected chi connectivity index (χ4v) is 1.67. The van der Waals surface area contributed by atoms with Crippen LogP contribution in [0.15, 0.2) is 48.7 Å². The normalized spacial score (nSPS) is 10.0. The number of pyridine rings is 1. The maximum atomic E-state index is 11.8. The van der Waals surface area contributed by atoms with E-state index in [-0.39, 0.29) is 11.6 Å². The number of nitrogens with one attached hydrogen (secondary N) is 1. The first-order chi connectivity index (χ1) is 9.77. The van der Waals surface area contributed by atoms with Gasteiger partial charge < -0.3 is 15.8 Å². The molecule has 0 atom stereocenters. The summed E-state index contributed by atoms with van der Waals surface area (Å²) in [7, 11) is 0. The van der Waals surface area contributed by atoms with Crippen LogP contribution in [0.2, 0.25) is 0 Å². The number of nitrogens with zero attached hydrogens (tertiary/aromatic N) is 1. The van der Waals surface area contributed by atoms with Crippen LogP contribution in [-0.4, -0.2) is 24.0 Å². The lowest BCUT2D eigenvalue weighted by atomic mass is 10.3. The number of rotatable bonds is 6. The summed E-state index contributed by atoms with van der Waals surface area (Å²) in [5, 5.41) is 2.76. The van der Waals surface area contributed by atoms with Crippen LogP contribution in [0.1, 0.15) is 16.9 Å². The van der Waals surface area contributed by atoms with Crippen molar-refractivity contribution in [1.29, 1.82) is 0 Å². The summed E-state index contributed by atoms with van der Waals surface area (Å²) in [6.45, 7) is 1.06. The maximum Gasteiger partial charge on any atom is 0.272 e. The summed E-state index contributed by atoms with van der Waals surface area (Å²) >= 11 is 0. The van der Waals surface area contributed by atoms with Crippen LogP contribution < -0.4 is 15.8 Å². The van der Waals surface area contributed by atoms with Gasteiger partial charge in [0.1, 0.15) is 5.75 Å². The predicted octanol–water partition coefficient (Wildman–Crippen LogP) is 1.86. The van der Waals surface area contributed by atoms with Crippen LogP contribution in [0.5, 0.6) is 5.75 Å². The second-order valence-electron chi connectivity index (χ2n) is 4.21. The third-order valence-electron chi connectivity index (χ3n) is 2.67. The van der Waals surface area contributed by atoms with Crippen molar-refractivity contribution in [3.05, 3.63) is 54.4 Å².